The number of carboxylic acid groups (broad SMARTS) is 1. The van der Waals surface area contributed by atoms with E-state index in [4.69, 9.17) is 10.1 Å². The number of hydrogen-bond acceptors (Lipinski definition) is 2. The molecule has 4 nitrogen and oxygen atoms in total. The van der Waals surface area contributed by atoms with Crippen LogP contribution < -0.4 is 0 Å². The molecule has 4 heteroatoms. The van der Waals surface area contributed by atoms with Crippen LogP contribution in [0.5, 0.6) is 0 Å². The van der Waals surface area contributed by atoms with Crippen molar-refractivity contribution in [3.63, 3.8) is 0 Å². The summed E-state index contributed by atoms with van der Waals surface area (Å²) in [5.74, 6) is 0.286. The zero-order valence-corrected chi connectivity index (χ0v) is 12.6. The van der Waals surface area contributed by atoms with Gasteiger partial charge in [-0.05, 0) is 38.8 Å². The van der Waals surface area contributed by atoms with Crippen LogP contribution in [0.2, 0.25) is 0 Å². The van der Waals surface area contributed by atoms with Gasteiger partial charge in [0.2, 0.25) is 0 Å². The third-order valence-electron chi connectivity index (χ3n) is 3.36. The van der Waals surface area contributed by atoms with Crippen LogP contribution in [0, 0.1) is 5.92 Å². The van der Waals surface area contributed by atoms with Crippen LogP contribution in [0.3, 0.4) is 0 Å². The molecule has 0 amide bonds. The highest BCUT2D eigenvalue weighted by atomic mass is 16.4. The molecule has 0 aliphatic rings. The number of aliphatic carboxylic acids is 1. The van der Waals surface area contributed by atoms with Crippen molar-refractivity contribution in [3.8, 4) is 0 Å². The zero-order chi connectivity index (χ0) is 14.9. The monoisotopic (exact) mass is 274 g/mol. The molecule has 0 spiro atoms. The largest absolute Gasteiger partial charge is 0.481 e. The van der Waals surface area contributed by atoms with Crippen LogP contribution in [0.25, 0.3) is 11.0 Å². The van der Waals surface area contributed by atoms with Crippen molar-refractivity contribution in [3.05, 3.63) is 30.1 Å². The number of carboxylic acids is 1. The Morgan fingerprint density at radius 2 is 2.00 bits per heavy atom. The lowest BCUT2D eigenvalue weighted by Gasteiger charge is -2.25. The first-order chi connectivity index (χ1) is 9.29. The first-order valence-electron chi connectivity index (χ1n) is 6.97. The smallest absolute Gasteiger partial charge is 0.303 e. The second kappa shape index (κ2) is 5.27. The average Bonchev–Trinajstić information content (AvgIpc) is 2.64. The van der Waals surface area contributed by atoms with Crippen molar-refractivity contribution in [1.29, 1.82) is 0 Å². The Balaban J connectivity index is 2.44. The van der Waals surface area contributed by atoms with Gasteiger partial charge in [-0.15, -0.1) is 0 Å². The Kier molecular flexibility index (Phi) is 3.84. The highest BCUT2D eigenvalue weighted by molar-refractivity contribution is 5.76. The fourth-order valence-corrected chi connectivity index (χ4v) is 2.64. The van der Waals surface area contributed by atoms with Gasteiger partial charge in [-0.3, -0.25) is 4.79 Å². The van der Waals surface area contributed by atoms with E-state index in [1.54, 1.807) is 0 Å². The second-order valence-electron chi connectivity index (χ2n) is 6.43. The van der Waals surface area contributed by atoms with E-state index >= 15 is 0 Å². The standard InChI is InChI=1S/C16H22N2O2/c1-11(10-15(19)20)9-14-17-12-7-5-6-8-13(12)18(14)16(2,3)4/h5-8,11H,9-10H2,1-4H3,(H,19,20). The summed E-state index contributed by atoms with van der Waals surface area (Å²) in [5.41, 5.74) is 2.01. The van der Waals surface area contributed by atoms with E-state index in [2.05, 4.69) is 31.4 Å². The van der Waals surface area contributed by atoms with E-state index in [1.807, 2.05) is 25.1 Å². The van der Waals surface area contributed by atoms with Crippen molar-refractivity contribution in [2.24, 2.45) is 5.92 Å². The van der Waals surface area contributed by atoms with E-state index in [0.29, 0.717) is 6.42 Å². The third kappa shape index (κ3) is 3.00. The van der Waals surface area contributed by atoms with E-state index in [1.165, 1.54) is 0 Å². The molecule has 0 bridgehead atoms. The Labute approximate surface area is 119 Å². The Bertz CT molecular complexity index is 623. The summed E-state index contributed by atoms with van der Waals surface area (Å²) >= 11 is 0. The van der Waals surface area contributed by atoms with E-state index in [-0.39, 0.29) is 17.9 Å². The number of imidazole rings is 1. The number of carbonyl (C=O) groups is 1. The van der Waals surface area contributed by atoms with Crippen LogP contribution in [0.4, 0.5) is 0 Å². The Morgan fingerprint density at radius 3 is 2.60 bits per heavy atom. The maximum absolute atomic E-state index is 10.8. The molecule has 0 radical (unpaired) electrons. The van der Waals surface area contributed by atoms with Crippen molar-refractivity contribution in [2.75, 3.05) is 0 Å². The molecule has 0 saturated heterocycles. The maximum atomic E-state index is 10.8. The molecule has 2 aromatic rings. The first-order valence-corrected chi connectivity index (χ1v) is 6.97. The maximum Gasteiger partial charge on any atom is 0.303 e. The number of para-hydroxylation sites is 2. The molecule has 2 rings (SSSR count). The van der Waals surface area contributed by atoms with Gasteiger partial charge >= 0.3 is 5.97 Å². The van der Waals surface area contributed by atoms with Gasteiger partial charge in [-0.1, -0.05) is 19.1 Å². The molecule has 0 fully saturated rings. The fourth-order valence-electron chi connectivity index (χ4n) is 2.64. The third-order valence-corrected chi connectivity index (χ3v) is 3.36. The summed E-state index contributed by atoms with van der Waals surface area (Å²) in [5, 5.41) is 8.90. The van der Waals surface area contributed by atoms with Gasteiger partial charge in [0.15, 0.2) is 0 Å². The highest BCUT2D eigenvalue weighted by Crippen LogP contribution is 2.26. The van der Waals surface area contributed by atoms with Crippen molar-refractivity contribution in [1.82, 2.24) is 9.55 Å². The number of nitrogens with zero attached hydrogens (tertiary/aromatic N) is 2. The number of fused-ring (bicyclic) bond motifs is 1. The number of aromatic nitrogens is 2. The summed E-state index contributed by atoms with van der Waals surface area (Å²) in [4.78, 5) is 15.5. The minimum atomic E-state index is -0.754. The van der Waals surface area contributed by atoms with Gasteiger partial charge in [0.1, 0.15) is 5.82 Å². The van der Waals surface area contributed by atoms with E-state index < -0.39 is 5.97 Å². The minimum absolute atomic E-state index is 0.0745. The topological polar surface area (TPSA) is 55.1 Å². The number of benzene rings is 1. The average molecular weight is 274 g/mol. The summed E-state index contributed by atoms with van der Waals surface area (Å²) in [6, 6.07) is 8.06. The van der Waals surface area contributed by atoms with Gasteiger partial charge in [0.05, 0.1) is 11.0 Å². The predicted molar refractivity (Wildman–Crippen MR) is 79.8 cm³/mol. The molecule has 20 heavy (non-hydrogen) atoms. The van der Waals surface area contributed by atoms with Crippen molar-refractivity contribution < 1.29 is 9.90 Å². The van der Waals surface area contributed by atoms with Crippen LogP contribution in [0.1, 0.15) is 39.9 Å². The lowest BCUT2D eigenvalue weighted by molar-refractivity contribution is -0.137. The lowest BCUT2D eigenvalue weighted by Crippen LogP contribution is -2.25. The summed E-state index contributed by atoms with van der Waals surface area (Å²) < 4.78 is 2.22. The molecule has 1 aromatic carbocycles. The molecule has 1 aromatic heterocycles. The van der Waals surface area contributed by atoms with E-state index in [0.717, 1.165) is 16.9 Å². The molecule has 0 aliphatic heterocycles. The molecule has 108 valence electrons. The first kappa shape index (κ1) is 14.6. The molecule has 0 saturated carbocycles. The van der Waals surface area contributed by atoms with Crippen molar-refractivity contribution >= 4 is 17.0 Å². The summed E-state index contributed by atoms with van der Waals surface area (Å²) in [6.45, 7) is 8.39. The van der Waals surface area contributed by atoms with Crippen LogP contribution in [-0.4, -0.2) is 20.6 Å². The van der Waals surface area contributed by atoms with Gasteiger partial charge in [-0.2, -0.15) is 0 Å². The molecule has 1 atom stereocenters. The molecule has 1 unspecified atom stereocenters. The van der Waals surface area contributed by atoms with Gasteiger partial charge in [-0.25, -0.2) is 4.98 Å². The number of rotatable bonds is 4. The van der Waals surface area contributed by atoms with Crippen LogP contribution >= 0.6 is 0 Å². The molecule has 1 N–H and O–H groups in total. The fraction of sp³-hybridized carbons (Fsp3) is 0.500. The lowest BCUT2D eigenvalue weighted by atomic mass is 10.0. The second-order valence-corrected chi connectivity index (χ2v) is 6.43. The van der Waals surface area contributed by atoms with Gasteiger partial charge in [0.25, 0.3) is 0 Å². The highest BCUT2D eigenvalue weighted by Gasteiger charge is 2.22. The van der Waals surface area contributed by atoms with Gasteiger partial charge in [0, 0.05) is 18.4 Å². The molecule has 1 heterocycles. The van der Waals surface area contributed by atoms with Crippen molar-refractivity contribution in [2.45, 2.75) is 46.1 Å². The SMILES string of the molecule is CC(CC(=O)O)Cc1nc2ccccc2n1C(C)(C)C. The predicted octanol–water partition coefficient (Wildman–Crippen LogP) is 3.44. The quantitative estimate of drug-likeness (QED) is 0.929. The van der Waals surface area contributed by atoms with E-state index in [9.17, 15) is 4.79 Å². The molecular formula is C16H22N2O2. The van der Waals surface area contributed by atoms with Gasteiger partial charge < -0.3 is 9.67 Å². The zero-order valence-electron chi connectivity index (χ0n) is 12.6. The molecule has 0 aliphatic carbocycles. The Hall–Kier alpha value is -1.84. The summed E-state index contributed by atoms with van der Waals surface area (Å²) in [6.07, 6.45) is 0.853. The number of hydrogen-bond donors (Lipinski definition) is 1. The van der Waals surface area contributed by atoms with Crippen LogP contribution in [0.15, 0.2) is 24.3 Å². The minimum Gasteiger partial charge on any atom is -0.481 e. The Morgan fingerprint density at radius 1 is 1.35 bits per heavy atom. The molecular weight excluding hydrogens is 252 g/mol. The normalized spacial score (nSPS) is 13.6. The summed E-state index contributed by atoms with van der Waals surface area (Å²) in [7, 11) is 0. The van der Waals surface area contributed by atoms with Crippen LogP contribution in [-0.2, 0) is 16.8 Å².